The monoisotopic (exact) mass is 367 g/mol. The van der Waals surface area contributed by atoms with E-state index in [9.17, 15) is 18.9 Å². The average Bonchev–Trinajstić information content (AvgIpc) is 2.59. The predicted octanol–water partition coefficient (Wildman–Crippen LogP) is 4.73. The Morgan fingerprint density at radius 3 is 2.84 bits per heavy atom. The molecular formula is C17H15F2NO4S. The van der Waals surface area contributed by atoms with Crippen LogP contribution in [0.1, 0.15) is 28.9 Å². The van der Waals surface area contributed by atoms with E-state index in [1.54, 1.807) is 6.92 Å². The molecule has 0 fully saturated rings. The van der Waals surface area contributed by atoms with Gasteiger partial charge in [0.05, 0.1) is 11.5 Å². The van der Waals surface area contributed by atoms with Crippen molar-refractivity contribution in [3.63, 3.8) is 0 Å². The predicted molar refractivity (Wildman–Crippen MR) is 89.4 cm³/mol. The fourth-order valence-corrected chi connectivity index (χ4v) is 3.64. The SMILES string of the molecule is C[C@@H](SCc1cc([N+](=O)[O-])cc2c1OCOC2)c1ccc(F)cc1F. The molecule has 0 saturated carbocycles. The number of ether oxygens (including phenoxy) is 2. The smallest absolute Gasteiger partial charge is 0.270 e. The van der Waals surface area contributed by atoms with Crippen LogP contribution in [-0.2, 0) is 17.1 Å². The number of hydrogen-bond donors (Lipinski definition) is 0. The molecule has 0 bridgehead atoms. The lowest BCUT2D eigenvalue weighted by molar-refractivity contribution is -0.385. The average molecular weight is 367 g/mol. The Kier molecular flexibility index (Phi) is 5.19. The zero-order valence-electron chi connectivity index (χ0n) is 13.3. The summed E-state index contributed by atoms with van der Waals surface area (Å²) in [7, 11) is 0. The summed E-state index contributed by atoms with van der Waals surface area (Å²) < 4.78 is 37.6. The minimum Gasteiger partial charge on any atom is -0.467 e. The Morgan fingerprint density at radius 1 is 1.32 bits per heavy atom. The van der Waals surface area contributed by atoms with Crippen LogP contribution in [0.25, 0.3) is 0 Å². The number of nitro groups is 1. The molecule has 5 nitrogen and oxygen atoms in total. The van der Waals surface area contributed by atoms with Crippen LogP contribution < -0.4 is 4.74 Å². The largest absolute Gasteiger partial charge is 0.467 e. The molecule has 0 aromatic heterocycles. The molecule has 0 radical (unpaired) electrons. The molecule has 0 unspecified atom stereocenters. The van der Waals surface area contributed by atoms with Crippen LogP contribution in [-0.4, -0.2) is 11.7 Å². The first-order chi connectivity index (χ1) is 12.0. The number of nitrogens with zero attached hydrogens (tertiary/aromatic N) is 1. The van der Waals surface area contributed by atoms with E-state index in [2.05, 4.69) is 0 Å². The molecule has 0 aliphatic carbocycles. The maximum atomic E-state index is 13.9. The molecule has 0 amide bonds. The number of rotatable bonds is 5. The van der Waals surface area contributed by atoms with Gasteiger partial charge >= 0.3 is 0 Å². The first kappa shape index (κ1) is 17.6. The van der Waals surface area contributed by atoms with Gasteiger partial charge in [-0.2, -0.15) is 0 Å². The van der Waals surface area contributed by atoms with E-state index in [-0.39, 0.29) is 24.3 Å². The highest BCUT2D eigenvalue weighted by Crippen LogP contribution is 2.39. The summed E-state index contributed by atoms with van der Waals surface area (Å²) in [6.07, 6.45) is 0. The molecule has 2 aromatic carbocycles. The van der Waals surface area contributed by atoms with E-state index in [1.807, 2.05) is 0 Å². The molecule has 2 aromatic rings. The highest BCUT2D eigenvalue weighted by Gasteiger charge is 2.22. The summed E-state index contributed by atoms with van der Waals surface area (Å²) in [6.45, 7) is 2.14. The van der Waals surface area contributed by atoms with Crippen molar-refractivity contribution in [1.82, 2.24) is 0 Å². The Morgan fingerprint density at radius 2 is 2.12 bits per heavy atom. The summed E-state index contributed by atoms with van der Waals surface area (Å²) in [4.78, 5) is 10.6. The standard InChI is InChI=1S/C17H15F2NO4S/c1-10(15-3-2-13(18)6-16(15)19)25-8-12-5-14(20(21)22)4-11-7-23-9-24-17(11)12/h2-6,10H,7-9H2,1H3/t10-/m1/s1. The van der Waals surface area contributed by atoms with Crippen molar-refractivity contribution in [2.45, 2.75) is 24.5 Å². The lowest BCUT2D eigenvalue weighted by atomic mass is 10.1. The Labute approximate surface area is 147 Å². The molecule has 1 aliphatic rings. The van der Waals surface area contributed by atoms with Crippen LogP contribution in [0.2, 0.25) is 0 Å². The summed E-state index contributed by atoms with van der Waals surface area (Å²) >= 11 is 1.39. The normalized spacial score (nSPS) is 14.5. The summed E-state index contributed by atoms with van der Waals surface area (Å²) in [6, 6.07) is 6.37. The molecule has 0 N–H and O–H groups in total. The second kappa shape index (κ2) is 7.37. The third-order valence-corrected chi connectivity index (χ3v) is 5.10. The van der Waals surface area contributed by atoms with Gasteiger partial charge in [0.1, 0.15) is 17.4 Å². The zero-order chi connectivity index (χ0) is 18.0. The van der Waals surface area contributed by atoms with Crippen molar-refractivity contribution in [1.29, 1.82) is 0 Å². The topological polar surface area (TPSA) is 61.6 Å². The molecule has 1 aliphatic heterocycles. The molecule has 0 spiro atoms. The van der Waals surface area contributed by atoms with Gasteiger partial charge in [-0.15, -0.1) is 11.8 Å². The van der Waals surface area contributed by atoms with Gasteiger partial charge in [0.15, 0.2) is 6.79 Å². The molecule has 8 heteroatoms. The van der Waals surface area contributed by atoms with Gasteiger partial charge in [-0.25, -0.2) is 8.78 Å². The van der Waals surface area contributed by atoms with Crippen molar-refractivity contribution in [3.05, 3.63) is 68.8 Å². The summed E-state index contributed by atoms with van der Waals surface area (Å²) in [5, 5.41) is 10.9. The first-order valence-electron chi connectivity index (χ1n) is 7.53. The van der Waals surface area contributed by atoms with Gasteiger partial charge in [-0.05, 0) is 13.0 Å². The fourth-order valence-electron chi connectivity index (χ4n) is 2.63. The number of hydrogen-bond acceptors (Lipinski definition) is 5. The van der Waals surface area contributed by atoms with E-state index in [0.717, 1.165) is 6.07 Å². The molecule has 132 valence electrons. The number of halogens is 2. The van der Waals surface area contributed by atoms with Crippen molar-refractivity contribution >= 4 is 17.4 Å². The Hall–Kier alpha value is -2.19. The van der Waals surface area contributed by atoms with E-state index in [1.165, 1.54) is 36.0 Å². The highest BCUT2D eigenvalue weighted by molar-refractivity contribution is 7.98. The third kappa shape index (κ3) is 3.91. The van der Waals surface area contributed by atoms with Crippen molar-refractivity contribution in [3.8, 4) is 5.75 Å². The van der Waals surface area contributed by atoms with Crippen molar-refractivity contribution in [2.24, 2.45) is 0 Å². The van der Waals surface area contributed by atoms with Crippen LogP contribution in [0.3, 0.4) is 0 Å². The molecule has 1 heterocycles. The van der Waals surface area contributed by atoms with Crippen LogP contribution in [0, 0.1) is 21.7 Å². The number of nitro benzene ring substituents is 1. The van der Waals surface area contributed by atoms with Gasteiger partial charge in [0.2, 0.25) is 0 Å². The first-order valence-corrected chi connectivity index (χ1v) is 8.58. The number of fused-ring (bicyclic) bond motifs is 1. The zero-order valence-corrected chi connectivity index (χ0v) is 14.1. The number of thioether (sulfide) groups is 1. The maximum absolute atomic E-state index is 13.9. The van der Waals surface area contributed by atoms with E-state index >= 15 is 0 Å². The van der Waals surface area contributed by atoms with Crippen molar-refractivity contribution < 1.29 is 23.2 Å². The third-order valence-electron chi connectivity index (χ3n) is 3.87. The van der Waals surface area contributed by atoms with Gasteiger partial charge in [0.25, 0.3) is 5.69 Å². The van der Waals surface area contributed by atoms with Gasteiger partial charge in [-0.1, -0.05) is 6.07 Å². The van der Waals surface area contributed by atoms with Crippen LogP contribution >= 0.6 is 11.8 Å². The van der Waals surface area contributed by atoms with Gasteiger partial charge < -0.3 is 9.47 Å². The number of non-ortho nitro benzene ring substituents is 1. The maximum Gasteiger partial charge on any atom is 0.270 e. The van der Waals surface area contributed by atoms with Crippen LogP contribution in [0.4, 0.5) is 14.5 Å². The molecule has 3 rings (SSSR count). The van der Waals surface area contributed by atoms with Gasteiger partial charge in [-0.3, -0.25) is 10.1 Å². The summed E-state index contributed by atoms with van der Waals surface area (Å²) in [5.41, 5.74) is 1.63. The van der Waals surface area contributed by atoms with E-state index in [0.29, 0.717) is 28.2 Å². The molecular weight excluding hydrogens is 352 g/mol. The lowest BCUT2D eigenvalue weighted by Crippen LogP contribution is -2.13. The fraction of sp³-hybridized carbons (Fsp3) is 0.294. The lowest BCUT2D eigenvalue weighted by Gasteiger charge is -2.21. The van der Waals surface area contributed by atoms with Crippen LogP contribution in [0.15, 0.2) is 30.3 Å². The van der Waals surface area contributed by atoms with E-state index < -0.39 is 16.6 Å². The molecule has 1 atom stereocenters. The quantitative estimate of drug-likeness (QED) is 0.565. The molecule has 0 saturated heterocycles. The summed E-state index contributed by atoms with van der Waals surface area (Å²) in [5.74, 6) is -0.261. The second-order valence-corrected chi connectivity index (χ2v) is 6.91. The highest BCUT2D eigenvalue weighted by atomic mass is 32.2. The van der Waals surface area contributed by atoms with Crippen LogP contribution in [0.5, 0.6) is 5.75 Å². The minimum absolute atomic E-state index is 0.0379. The van der Waals surface area contributed by atoms with E-state index in [4.69, 9.17) is 9.47 Å². The Bertz CT molecular complexity index is 815. The minimum atomic E-state index is -0.625. The van der Waals surface area contributed by atoms with Crippen molar-refractivity contribution in [2.75, 3.05) is 6.79 Å². The number of benzene rings is 2. The second-order valence-electron chi connectivity index (χ2n) is 5.58. The Balaban J connectivity index is 1.82. The molecule has 25 heavy (non-hydrogen) atoms. The van der Waals surface area contributed by atoms with Gasteiger partial charge in [0, 0.05) is 45.9 Å².